The first-order valence-electron chi connectivity index (χ1n) is 5.21. The van der Waals surface area contributed by atoms with Crippen LogP contribution in [0.3, 0.4) is 0 Å². The standard InChI is InChI=1S/C11H15Br2O3P/c12-6-8-14-17(15-9-7-13)16-10-11-4-2-1-3-5-11/h1-5H,6-10H2. The lowest BCUT2D eigenvalue weighted by atomic mass is 10.2. The third kappa shape index (κ3) is 7.50. The molecule has 0 saturated heterocycles. The average molecular weight is 386 g/mol. The molecule has 17 heavy (non-hydrogen) atoms. The predicted octanol–water partition coefficient (Wildman–Crippen LogP) is 4.25. The van der Waals surface area contributed by atoms with E-state index in [1.165, 1.54) is 0 Å². The Morgan fingerprint density at radius 1 is 0.882 bits per heavy atom. The minimum Gasteiger partial charge on any atom is -0.311 e. The Balaban J connectivity index is 2.31. The smallest absolute Gasteiger partial charge is 0.311 e. The van der Waals surface area contributed by atoms with Gasteiger partial charge in [-0.15, -0.1) is 0 Å². The van der Waals surface area contributed by atoms with Crippen molar-refractivity contribution in [3.05, 3.63) is 35.9 Å². The topological polar surface area (TPSA) is 27.7 Å². The maximum absolute atomic E-state index is 5.61. The van der Waals surface area contributed by atoms with Gasteiger partial charge < -0.3 is 13.6 Å². The Bertz CT molecular complexity index is 279. The molecule has 0 aromatic heterocycles. The van der Waals surface area contributed by atoms with Gasteiger partial charge in [-0.2, -0.15) is 0 Å². The first-order chi connectivity index (χ1) is 8.36. The van der Waals surface area contributed by atoms with E-state index < -0.39 is 8.60 Å². The Kier molecular flexibility index (Phi) is 9.53. The van der Waals surface area contributed by atoms with Gasteiger partial charge in [-0.25, -0.2) is 0 Å². The van der Waals surface area contributed by atoms with Gasteiger partial charge in [0, 0.05) is 10.7 Å². The van der Waals surface area contributed by atoms with Crippen LogP contribution in [0.25, 0.3) is 0 Å². The van der Waals surface area contributed by atoms with Gasteiger partial charge >= 0.3 is 8.60 Å². The van der Waals surface area contributed by atoms with E-state index in [0.717, 1.165) is 16.2 Å². The van der Waals surface area contributed by atoms with Gasteiger partial charge in [0.15, 0.2) is 0 Å². The van der Waals surface area contributed by atoms with Crippen molar-refractivity contribution in [3.8, 4) is 0 Å². The molecular formula is C11H15Br2O3P. The van der Waals surface area contributed by atoms with Crippen LogP contribution in [0.1, 0.15) is 5.56 Å². The Morgan fingerprint density at radius 2 is 1.47 bits per heavy atom. The van der Waals surface area contributed by atoms with Gasteiger partial charge in [-0.3, -0.25) is 0 Å². The molecule has 0 atom stereocenters. The van der Waals surface area contributed by atoms with Crippen molar-refractivity contribution in [2.24, 2.45) is 0 Å². The molecule has 0 saturated carbocycles. The van der Waals surface area contributed by atoms with E-state index in [0.29, 0.717) is 19.8 Å². The zero-order valence-electron chi connectivity index (χ0n) is 9.35. The molecule has 0 aliphatic carbocycles. The summed E-state index contributed by atoms with van der Waals surface area (Å²) in [7, 11) is -1.26. The number of rotatable bonds is 9. The number of benzene rings is 1. The molecule has 6 heteroatoms. The molecule has 0 bridgehead atoms. The highest BCUT2D eigenvalue weighted by atomic mass is 79.9. The largest absolute Gasteiger partial charge is 0.333 e. The van der Waals surface area contributed by atoms with Gasteiger partial charge in [0.2, 0.25) is 0 Å². The van der Waals surface area contributed by atoms with Crippen LogP contribution >= 0.6 is 40.5 Å². The van der Waals surface area contributed by atoms with Crippen LogP contribution in [0, 0.1) is 0 Å². The molecule has 0 aliphatic rings. The molecule has 0 radical (unpaired) electrons. The molecule has 1 rings (SSSR count). The molecule has 3 nitrogen and oxygen atoms in total. The molecule has 0 fully saturated rings. The van der Waals surface area contributed by atoms with Gasteiger partial charge in [-0.05, 0) is 5.56 Å². The minimum atomic E-state index is -1.26. The van der Waals surface area contributed by atoms with E-state index in [1.54, 1.807) is 0 Å². The highest BCUT2D eigenvalue weighted by Gasteiger charge is 2.12. The summed E-state index contributed by atoms with van der Waals surface area (Å²) >= 11 is 6.61. The van der Waals surface area contributed by atoms with E-state index in [4.69, 9.17) is 13.6 Å². The Morgan fingerprint density at radius 3 is 2.00 bits per heavy atom. The summed E-state index contributed by atoms with van der Waals surface area (Å²) in [6.45, 7) is 1.68. The fraction of sp³-hybridized carbons (Fsp3) is 0.455. The first kappa shape index (κ1) is 15.5. The van der Waals surface area contributed by atoms with Crippen LogP contribution in [-0.4, -0.2) is 23.9 Å². The van der Waals surface area contributed by atoms with Gasteiger partial charge in [0.25, 0.3) is 0 Å². The molecule has 0 heterocycles. The van der Waals surface area contributed by atoms with Gasteiger partial charge in [-0.1, -0.05) is 62.2 Å². The fourth-order valence-corrected chi connectivity index (χ4v) is 2.81. The fourth-order valence-electron chi connectivity index (χ4n) is 1.03. The molecule has 0 unspecified atom stereocenters. The third-order valence-corrected chi connectivity index (χ3v) is 3.50. The molecule has 96 valence electrons. The van der Waals surface area contributed by atoms with E-state index >= 15 is 0 Å². The van der Waals surface area contributed by atoms with Crippen LogP contribution in [0.5, 0.6) is 0 Å². The second-order valence-electron chi connectivity index (χ2n) is 3.03. The van der Waals surface area contributed by atoms with E-state index in [1.807, 2.05) is 30.3 Å². The molecule has 0 amide bonds. The second kappa shape index (κ2) is 10.4. The number of alkyl halides is 2. The van der Waals surface area contributed by atoms with Crippen molar-refractivity contribution in [2.75, 3.05) is 23.9 Å². The zero-order chi connectivity index (χ0) is 12.3. The maximum Gasteiger partial charge on any atom is 0.333 e. The van der Waals surface area contributed by atoms with Crippen molar-refractivity contribution in [1.29, 1.82) is 0 Å². The number of halogens is 2. The van der Waals surface area contributed by atoms with Crippen LogP contribution in [0.15, 0.2) is 30.3 Å². The minimum absolute atomic E-state index is 0.511. The number of hydrogen-bond acceptors (Lipinski definition) is 3. The third-order valence-electron chi connectivity index (χ3n) is 1.73. The van der Waals surface area contributed by atoms with Crippen LogP contribution < -0.4 is 0 Å². The summed E-state index contributed by atoms with van der Waals surface area (Å²) in [5.74, 6) is 0. The van der Waals surface area contributed by atoms with Gasteiger partial charge in [0.05, 0.1) is 19.8 Å². The normalized spacial score (nSPS) is 11.0. The van der Waals surface area contributed by atoms with E-state index in [-0.39, 0.29) is 0 Å². The number of hydrogen-bond donors (Lipinski definition) is 0. The van der Waals surface area contributed by atoms with Crippen molar-refractivity contribution in [3.63, 3.8) is 0 Å². The zero-order valence-corrected chi connectivity index (χ0v) is 13.4. The summed E-state index contributed by atoms with van der Waals surface area (Å²) in [6, 6.07) is 9.99. The van der Waals surface area contributed by atoms with Crippen molar-refractivity contribution < 1.29 is 13.6 Å². The SMILES string of the molecule is BrCCOP(OCCBr)OCc1ccccc1. The molecule has 0 aliphatic heterocycles. The highest BCUT2D eigenvalue weighted by Crippen LogP contribution is 2.40. The lowest BCUT2D eigenvalue weighted by molar-refractivity contribution is 0.167. The monoisotopic (exact) mass is 384 g/mol. The van der Waals surface area contributed by atoms with Crippen LogP contribution in [-0.2, 0) is 20.2 Å². The summed E-state index contributed by atoms with van der Waals surface area (Å²) < 4.78 is 16.5. The van der Waals surface area contributed by atoms with Crippen molar-refractivity contribution in [1.82, 2.24) is 0 Å². The lowest BCUT2D eigenvalue weighted by Crippen LogP contribution is -2.00. The Labute approximate surface area is 120 Å². The predicted molar refractivity (Wildman–Crippen MR) is 77.6 cm³/mol. The first-order valence-corrected chi connectivity index (χ1v) is 8.55. The second-order valence-corrected chi connectivity index (χ2v) is 5.83. The summed E-state index contributed by atoms with van der Waals surface area (Å²) in [4.78, 5) is 0. The summed E-state index contributed by atoms with van der Waals surface area (Å²) in [5.41, 5.74) is 1.12. The van der Waals surface area contributed by atoms with Crippen molar-refractivity contribution in [2.45, 2.75) is 6.61 Å². The highest BCUT2D eigenvalue weighted by molar-refractivity contribution is 9.09. The maximum atomic E-state index is 5.61. The molecular weight excluding hydrogens is 371 g/mol. The molecule has 1 aromatic rings. The van der Waals surface area contributed by atoms with Crippen molar-refractivity contribution >= 4 is 40.5 Å². The molecule has 0 N–H and O–H groups in total. The summed E-state index contributed by atoms with van der Waals surface area (Å²) in [5, 5.41) is 1.55. The lowest BCUT2D eigenvalue weighted by Gasteiger charge is -2.15. The molecule has 1 aromatic carbocycles. The quantitative estimate of drug-likeness (QED) is 0.469. The Hall–Kier alpha value is 0.490. The molecule has 0 spiro atoms. The van der Waals surface area contributed by atoms with E-state index in [2.05, 4.69) is 31.9 Å². The summed E-state index contributed by atoms with van der Waals surface area (Å²) in [6.07, 6.45) is 0. The van der Waals surface area contributed by atoms with Crippen LogP contribution in [0.2, 0.25) is 0 Å². The average Bonchev–Trinajstić information content (AvgIpc) is 2.39. The van der Waals surface area contributed by atoms with Crippen LogP contribution in [0.4, 0.5) is 0 Å². The van der Waals surface area contributed by atoms with Gasteiger partial charge in [0.1, 0.15) is 0 Å². The van der Waals surface area contributed by atoms with E-state index in [9.17, 15) is 0 Å².